The molecule has 0 saturated heterocycles. The third-order valence-electron chi connectivity index (χ3n) is 3.14. The van der Waals surface area contributed by atoms with Gasteiger partial charge in [0.1, 0.15) is 17.5 Å². The lowest BCUT2D eigenvalue weighted by Gasteiger charge is -2.22. The fraction of sp³-hybridized carbons (Fsp3) is 0.562. The fourth-order valence-electron chi connectivity index (χ4n) is 1.98. The van der Waals surface area contributed by atoms with Crippen molar-refractivity contribution in [2.75, 3.05) is 6.54 Å². The van der Waals surface area contributed by atoms with Gasteiger partial charge in [0.25, 0.3) is 0 Å². The molecule has 0 aliphatic carbocycles. The second kappa shape index (κ2) is 7.92. The molecule has 0 heterocycles. The minimum Gasteiger partial charge on any atom is -0.507 e. The number of carbonyl (C=O) groups excluding carboxylic acids is 1. The molecule has 0 bridgehead atoms. The highest BCUT2D eigenvalue weighted by Gasteiger charge is 2.35. The lowest BCUT2D eigenvalue weighted by molar-refractivity contribution is -0.138. The number of carbonyl (C=O) groups is 1. The summed E-state index contributed by atoms with van der Waals surface area (Å²) < 4.78 is 43.2. The summed E-state index contributed by atoms with van der Waals surface area (Å²) >= 11 is 0. The number of aromatic hydroxyl groups is 1. The predicted molar refractivity (Wildman–Crippen MR) is 82.9 cm³/mol. The van der Waals surface area contributed by atoms with Crippen molar-refractivity contribution in [2.45, 2.75) is 51.2 Å². The van der Waals surface area contributed by atoms with E-state index < -0.39 is 41.4 Å². The molecule has 9 heteroatoms. The standard InChI is InChI=1S/C16H22F3NO5/c1-15(2,3)25-14(24)20-7-6-12(22)13(23)9-4-5-11(21)10(8-9)16(17,18)19/h4-5,8,12-13,21-23H,6-7H2,1-3H3,(H,20,24). The molecule has 2 atom stereocenters. The first-order valence-electron chi connectivity index (χ1n) is 7.54. The molecule has 0 aliphatic rings. The lowest BCUT2D eigenvalue weighted by Crippen LogP contribution is -2.34. The molecule has 1 aromatic rings. The number of ether oxygens (including phenoxy) is 1. The molecule has 0 spiro atoms. The first kappa shape index (κ1) is 21.0. The molecular weight excluding hydrogens is 343 g/mol. The highest BCUT2D eigenvalue weighted by Crippen LogP contribution is 2.37. The van der Waals surface area contributed by atoms with Gasteiger partial charge in [0, 0.05) is 6.54 Å². The van der Waals surface area contributed by atoms with Crippen LogP contribution >= 0.6 is 0 Å². The van der Waals surface area contributed by atoms with Crippen molar-refractivity contribution < 1.29 is 38.0 Å². The van der Waals surface area contributed by atoms with E-state index in [0.29, 0.717) is 6.07 Å². The van der Waals surface area contributed by atoms with E-state index in [1.54, 1.807) is 20.8 Å². The summed E-state index contributed by atoms with van der Waals surface area (Å²) in [6.07, 6.45) is -8.63. The topological polar surface area (TPSA) is 99.0 Å². The van der Waals surface area contributed by atoms with E-state index in [1.807, 2.05) is 0 Å². The maximum atomic E-state index is 12.8. The fourth-order valence-corrected chi connectivity index (χ4v) is 1.98. The predicted octanol–water partition coefficient (Wildman–Crippen LogP) is 2.72. The number of aliphatic hydroxyl groups excluding tert-OH is 2. The highest BCUT2D eigenvalue weighted by atomic mass is 19.4. The number of phenolic OH excluding ortho intramolecular Hbond substituents is 1. The molecule has 0 saturated carbocycles. The molecule has 25 heavy (non-hydrogen) atoms. The smallest absolute Gasteiger partial charge is 0.419 e. The van der Waals surface area contributed by atoms with Crippen LogP contribution in [0, 0.1) is 0 Å². The molecule has 0 aromatic heterocycles. The van der Waals surface area contributed by atoms with Gasteiger partial charge in [-0.1, -0.05) is 6.07 Å². The summed E-state index contributed by atoms with van der Waals surface area (Å²) in [7, 11) is 0. The Bertz CT molecular complexity index is 598. The molecule has 0 aliphatic heterocycles. The molecular formula is C16H22F3NO5. The molecule has 0 radical (unpaired) electrons. The van der Waals surface area contributed by atoms with Crippen LogP contribution in [0.2, 0.25) is 0 Å². The maximum Gasteiger partial charge on any atom is 0.419 e. The van der Waals surface area contributed by atoms with Gasteiger partial charge in [-0.3, -0.25) is 0 Å². The minimum atomic E-state index is -4.79. The van der Waals surface area contributed by atoms with E-state index in [4.69, 9.17) is 4.74 Å². The Labute approximate surface area is 143 Å². The van der Waals surface area contributed by atoms with Crippen LogP contribution in [0.3, 0.4) is 0 Å². The second-order valence-electron chi connectivity index (χ2n) is 6.50. The lowest BCUT2D eigenvalue weighted by atomic mass is 9.99. The Kier molecular flexibility index (Phi) is 6.67. The minimum absolute atomic E-state index is 0.0443. The Morgan fingerprint density at radius 1 is 1.24 bits per heavy atom. The van der Waals surface area contributed by atoms with Gasteiger partial charge < -0.3 is 25.4 Å². The maximum absolute atomic E-state index is 12.8. The SMILES string of the molecule is CC(C)(C)OC(=O)NCCC(O)C(O)c1ccc(O)c(C(F)(F)F)c1. The van der Waals surface area contributed by atoms with Crippen LogP contribution in [-0.4, -0.2) is 39.7 Å². The van der Waals surface area contributed by atoms with E-state index in [2.05, 4.69) is 5.32 Å². The quantitative estimate of drug-likeness (QED) is 0.643. The third kappa shape index (κ3) is 6.79. The first-order chi connectivity index (χ1) is 11.3. The number of nitrogens with one attached hydrogen (secondary N) is 1. The largest absolute Gasteiger partial charge is 0.507 e. The Balaban J connectivity index is 2.65. The highest BCUT2D eigenvalue weighted by molar-refractivity contribution is 5.67. The summed E-state index contributed by atoms with van der Waals surface area (Å²) in [5, 5.41) is 31.5. The van der Waals surface area contributed by atoms with Gasteiger partial charge in [-0.25, -0.2) is 4.79 Å². The summed E-state index contributed by atoms with van der Waals surface area (Å²) in [5.41, 5.74) is -2.19. The zero-order chi connectivity index (χ0) is 19.4. The molecule has 142 valence electrons. The van der Waals surface area contributed by atoms with Gasteiger partial charge in [0.15, 0.2) is 0 Å². The Hall–Kier alpha value is -2.00. The Morgan fingerprint density at radius 3 is 2.36 bits per heavy atom. The van der Waals surface area contributed by atoms with E-state index in [9.17, 15) is 33.3 Å². The summed E-state index contributed by atoms with van der Waals surface area (Å²) in [4.78, 5) is 11.4. The van der Waals surface area contributed by atoms with E-state index in [0.717, 1.165) is 12.1 Å². The number of hydrogen-bond donors (Lipinski definition) is 4. The van der Waals surface area contributed by atoms with E-state index >= 15 is 0 Å². The van der Waals surface area contributed by atoms with Crippen molar-refractivity contribution in [3.05, 3.63) is 29.3 Å². The Morgan fingerprint density at radius 2 is 1.84 bits per heavy atom. The molecule has 0 fully saturated rings. The van der Waals surface area contributed by atoms with Gasteiger partial charge in [0.05, 0.1) is 11.7 Å². The first-order valence-corrected chi connectivity index (χ1v) is 7.54. The van der Waals surface area contributed by atoms with Gasteiger partial charge in [-0.15, -0.1) is 0 Å². The van der Waals surface area contributed by atoms with Crippen LogP contribution in [0.4, 0.5) is 18.0 Å². The van der Waals surface area contributed by atoms with Crippen LogP contribution in [-0.2, 0) is 10.9 Å². The number of aliphatic hydroxyl groups is 2. The number of hydrogen-bond acceptors (Lipinski definition) is 5. The molecule has 2 unspecified atom stereocenters. The number of halogens is 3. The molecule has 1 aromatic carbocycles. The van der Waals surface area contributed by atoms with E-state index in [-0.39, 0.29) is 18.5 Å². The van der Waals surface area contributed by atoms with Gasteiger partial charge >= 0.3 is 12.3 Å². The molecule has 1 rings (SSSR count). The summed E-state index contributed by atoms with van der Waals surface area (Å²) in [6.45, 7) is 4.98. The second-order valence-corrected chi connectivity index (χ2v) is 6.50. The number of amides is 1. The van der Waals surface area contributed by atoms with Gasteiger partial charge in [0.2, 0.25) is 0 Å². The van der Waals surface area contributed by atoms with Crippen molar-refractivity contribution in [1.82, 2.24) is 5.32 Å². The normalized spacial score (nSPS) is 14.7. The average molecular weight is 365 g/mol. The van der Waals surface area contributed by atoms with Crippen molar-refractivity contribution >= 4 is 6.09 Å². The molecule has 6 nitrogen and oxygen atoms in total. The van der Waals surface area contributed by atoms with Crippen LogP contribution in [0.15, 0.2) is 18.2 Å². The van der Waals surface area contributed by atoms with Crippen molar-refractivity contribution in [3.8, 4) is 5.75 Å². The van der Waals surface area contributed by atoms with Gasteiger partial charge in [-0.05, 0) is 44.9 Å². The van der Waals surface area contributed by atoms with Crippen molar-refractivity contribution in [3.63, 3.8) is 0 Å². The molecule has 1 amide bonds. The van der Waals surface area contributed by atoms with Crippen LogP contribution < -0.4 is 5.32 Å². The number of alkyl carbamates (subject to hydrolysis) is 1. The van der Waals surface area contributed by atoms with Crippen LogP contribution in [0.1, 0.15) is 44.4 Å². The van der Waals surface area contributed by atoms with E-state index in [1.165, 1.54) is 0 Å². The van der Waals surface area contributed by atoms with Crippen LogP contribution in [0.25, 0.3) is 0 Å². The number of rotatable bonds is 5. The number of benzene rings is 1. The summed E-state index contributed by atoms with van der Waals surface area (Å²) in [6, 6.07) is 2.46. The monoisotopic (exact) mass is 365 g/mol. The van der Waals surface area contributed by atoms with Gasteiger partial charge in [-0.2, -0.15) is 13.2 Å². The zero-order valence-electron chi connectivity index (χ0n) is 14.1. The number of alkyl halides is 3. The zero-order valence-corrected chi connectivity index (χ0v) is 14.1. The summed E-state index contributed by atoms with van der Waals surface area (Å²) in [5.74, 6) is -0.968. The number of phenols is 1. The van der Waals surface area contributed by atoms with Crippen molar-refractivity contribution in [1.29, 1.82) is 0 Å². The third-order valence-corrected chi connectivity index (χ3v) is 3.14. The average Bonchev–Trinajstić information content (AvgIpc) is 2.43. The van der Waals surface area contributed by atoms with Crippen LogP contribution in [0.5, 0.6) is 5.75 Å². The van der Waals surface area contributed by atoms with Crippen molar-refractivity contribution in [2.24, 2.45) is 0 Å². The molecule has 4 N–H and O–H groups in total.